The summed E-state index contributed by atoms with van der Waals surface area (Å²) < 4.78 is 5.33. The van der Waals surface area contributed by atoms with Gasteiger partial charge in [-0.15, -0.1) is 35.3 Å². The van der Waals surface area contributed by atoms with E-state index in [-0.39, 0.29) is 36.0 Å². The summed E-state index contributed by atoms with van der Waals surface area (Å²) in [5, 5.41) is 9.28. The summed E-state index contributed by atoms with van der Waals surface area (Å²) in [5.74, 6) is 0.777. The zero-order chi connectivity index (χ0) is 21.1. The van der Waals surface area contributed by atoms with Crippen molar-refractivity contribution in [1.82, 2.24) is 20.5 Å². The highest BCUT2D eigenvalue weighted by molar-refractivity contribution is 14.0. The molecule has 0 radical (unpaired) electrons. The zero-order valence-electron chi connectivity index (χ0n) is 18.1. The van der Waals surface area contributed by atoms with Crippen molar-refractivity contribution in [3.63, 3.8) is 0 Å². The fourth-order valence-electron chi connectivity index (χ4n) is 2.63. The van der Waals surface area contributed by atoms with Crippen LogP contribution in [0.2, 0.25) is 0 Å². The number of aliphatic imine (C=N–C) groups is 1. The van der Waals surface area contributed by atoms with Crippen LogP contribution in [0.15, 0.2) is 40.7 Å². The van der Waals surface area contributed by atoms with Crippen molar-refractivity contribution in [3.8, 4) is 0 Å². The average Bonchev–Trinajstić information content (AvgIpc) is 3.21. The number of methoxy groups -OCH3 is 1. The number of ether oxygens (including phenoxy) is 1. The first-order valence-corrected chi connectivity index (χ1v) is 10.7. The molecule has 1 atom stereocenters. The first kappa shape index (κ1) is 26.3. The number of hydrogen-bond acceptors (Lipinski definition) is 5. The lowest BCUT2D eigenvalue weighted by Gasteiger charge is -2.21. The molecule has 0 aliphatic heterocycles. The summed E-state index contributed by atoms with van der Waals surface area (Å²) in [5.41, 5.74) is 1.67. The van der Waals surface area contributed by atoms with E-state index >= 15 is 0 Å². The highest BCUT2D eigenvalue weighted by Gasteiger charge is 2.12. The predicted octanol–water partition coefficient (Wildman–Crippen LogP) is 3.69. The minimum Gasteiger partial charge on any atom is -0.375 e. The van der Waals surface area contributed by atoms with Crippen LogP contribution in [0.5, 0.6) is 0 Å². The summed E-state index contributed by atoms with van der Waals surface area (Å²) >= 11 is 1.61. The highest BCUT2D eigenvalue weighted by atomic mass is 127. The molecular weight excluding hydrogens is 513 g/mol. The minimum atomic E-state index is -0.0526. The maximum absolute atomic E-state index is 12.0. The van der Waals surface area contributed by atoms with Crippen molar-refractivity contribution in [2.24, 2.45) is 4.99 Å². The number of nitrogens with zero attached hydrogens (tertiary/aromatic N) is 3. The summed E-state index contributed by atoms with van der Waals surface area (Å²) in [4.78, 5) is 23.4. The Kier molecular flexibility index (Phi) is 12.6. The number of halogens is 1. The minimum absolute atomic E-state index is 0. The molecule has 0 saturated heterocycles. The molecule has 1 aromatic heterocycles. The van der Waals surface area contributed by atoms with Gasteiger partial charge in [-0.25, -0.2) is 4.98 Å². The fourth-order valence-corrected chi connectivity index (χ4v) is 3.47. The molecule has 0 aliphatic carbocycles. The molecule has 7 nitrogen and oxygen atoms in total. The van der Waals surface area contributed by atoms with Crippen LogP contribution in [0, 0.1) is 0 Å². The second-order valence-electron chi connectivity index (χ2n) is 6.62. The van der Waals surface area contributed by atoms with E-state index in [4.69, 9.17) is 4.74 Å². The van der Waals surface area contributed by atoms with Gasteiger partial charge in [0.05, 0.1) is 12.2 Å². The third-order valence-electron chi connectivity index (χ3n) is 4.28. The van der Waals surface area contributed by atoms with Gasteiger partial charge in [-0.05, 0) is 32.4 Å². The number of amides is 1. The van der Waals surface area contributed by atoms with E-state index in [1.54, 1.807) is 18.4 Å². The molecule has 1 heterocycles. The molecule has 1 amide bonds. The first-order chi connectivity index (χ1) is 14.0. The standard InChI is InChI=1S/C21H31N5O2S.HI/c1-5-22-21(26(3)14-18-15-29-20(25-18)16(2)28-4)24-13-9-12-23-19(27)17-10-7-6-8-11-17;/h6-8,10-11,15-16H,5,9,12-14H2,1-4H3,(H,22,24)(H,23,27);1H. The van der Waals surface area contributed by atoms with Crippen molar-refractivity contribution in [2.45, 2.75) is 32.9 Å². The van der Waals surface area contributed by atoms with Crippen LogP contribution >= 0.6 is 35.3 Å². The molecule has 1 aromatic carbocycles. The van der Waals surface area contributed by atoms with Crippen LogP contribution < -0.4 is 10.6 Å². The van der Waals surface area contributed by atoms with Gasteiger partial charge in [-0.3, -0.25) is 9.79 Å². The fraction of sp³-hybridized carbons (Fsp3) is 0.476. The van der Waals surface area contributed by atoms with Gasteiger partial charge in [0.2, 0.25) is 0 Å². The Hall–Kier alpha value is -1.72. The lowest BCUT2D eigenvalue weighted by molar-refractivity contribution is 0.0953. The molecule has 2 N–H and O–H groups in total. The summed E-state index contributed by atoms with van der Waals surface area (Å²) in [6.45, 7) is 6.72. The maximum atomic E-state index is 12.0. The van der Waals surface area contributed by atoms with Crippen LogP contribution in [0.4, 0.5) is 0 Å². The summed E-state index contributed by atoms with van der Waals surface area (Å²) in [6.07, 6.45) is 0.778. The number of nitrogens with one attached hydrogen (secondary N) is 2. The third-order valence-corrected chi connectivity index (χ3v) is 5.34. The molecule has 0 saturated carbocycles. The molecule has 166 valence electrons. The Morgan fingerprint density at radius 1 is 1.30 bits per heavy atom. The number of carbonyl (C=O) groups excluding carboxylic acids is 1. The lowest BCUT2D eigenvalue weighted by Crippen LogP contribution is -2.38. The molecule has 0 fully saturated rings. The van der Waals surface area contributed by atoms with E-state index in [1.165, 1.54) is 0 Å². The van der Waals surface area contributed by atoms with E-state index in [2.05, 4.69) is 30.9 Å². The van der Waals surface area contributed by atoms with Crippen molar-refractivity contribution >= 4 is 47.2 Å². The SMILES string of the molecule is CCNC(=NCCCNC(=O)c1ccccc1)N(C)Cc1csc(C(C)OC)n1.I. The number of hydrogen-bond donors (Lipinski definition) is 2. The van der Waals surface area contributed by atoms with Crippen molar-refractivity contribution in [1.29, 1.82) is 0 Å². The third kappa shape index (κ3) is 8.57. The van der Waals surface area contributed by atoms with Gasteiger partial charge in [0, 0.05) is 44.7 Å². The number of guanidine groups is 1. The van der Waals surface area contributed by atoms with Gasteiger partial charge >= 0.3 is 0 Å². The molecule has 0 aliphatic rings. The number of aromatic nitrogens is 1. The predicted molar refractivity (Wildman–Crippen MR) is 134 cm³/mol. The van der Waals surface area contributed by atoms with Crippen LogP contribution in [0.3, 0.4) is 0 Å². The van der Waals surface area contributed by atoms with E-state index in [1.807, 2.05) is 51.2 Å². The Morgan fingerprint density at radius 3 is 2.70 bits per heavy atom. The molecule has 1 unspecified atom stereocenters. The molecule has 30 heavy (non-hydrogen) atoms. The first-order valence-electron chi connectivity index (χ1n) is 9.85. The van der Waals surface area contributed by atoms with Crippen LogP contribution in [-0.2, 0) is 11.3 Å². The second-order valence-corrected chi connectivity index (χ2v) is 7.51. The van der Waals surface area contributed by atoms with E-state index in [0.29, 0.717) is 25.2 Å². The topological polar surface area (TPSA) is 78.9 Å². The smallest absolute Gasteiger partial charge is 0.251 e. The second kappa shape index (κ2) is 14.3. The van der Waals surface area contributed by atoms with E-state index in [0.717, 1.165) is 29.6 Å². The number of carbonyl (C=O) groups is 1. The zero-order valence-corrected chi connectivity index (χ0v) is 21.2. The van der Waals surface area contributed by atoms with Gasteiger partial charge in [-0.2, -0.15) is 0 Å². The molecule has 0 spiro atoms. The van der Waals surface area contributed by atoms with Gasteiger partial charge in [0.15, 0.2) is 5.96 Å². The van der Waals surface area contributed by atoms with Crippen LogP contribution in [0.1, 0.15) is 47.4 Å². The normalized spacial score (nSPS) is 12.1. The van der Waals surface area contributed by atoms with Gasteiger partial charge < -0.3 is 20.3 Å². The van der Waals surface area contributed by atoms with E-state index in [9.17, 15) is 4.79 Å². The average molecular weight is 545 g/mol. The van der Waals surface area contributed by atoms with Crippen molar-refractivity contribution < 1.29 is 9.53 Å². The molecule has 2 rings (SSSR count). The molecule has 2 aromatic rings. The quantitative estimate of drug-likeness (QED) is 0.206. The summed E-state index contributed by atoms with van der Waals surface area (Å²) in [7, 11) is 3.69. The molecular formula is C21H32IN5O2S. The van der Waals surface area contributed by atoms with E-state index < -0.39 is 0 Å². The van der Waals surface area contributed by atoms with Crippen molar-refractivity contribution in [3.05, 3.63) is 52.0 Å². The number of thiazole rings is 1. The number of rotatable bonds is 10. The Morgan fingerprint density at radius 2 is 2.03 bits per heavy atom. The van der Waals surface area contributed by atoms with Crippen molar-refractivity contribution in [2.75, 3.05) is 33.8 Å². The van der Waals surface area contributed by atoms with Gasteiger partial charge in [0.1, 0.15) is 11.1 Å². The molecule has 0 bridgehead atoms. The van der Waals surface area contributed by atoms with Crippen LogP contribution in [-0.4, -0.2) is 55.5 Å². The van der Waals surface area contributed by atoms with Crippen LogP contribution in [0.25, 0.3) is 0 Å². The maximum Gasteiger partial charge on any atom is 0.251 e. The lowest BCUT2D eigenvalue weighted by atomic mass is 10.2. The largest absolute Gasteiger partial charge is 0.375 e. The number of benzene rings is 1. The Labute approximate surface area is 200 Å². The Bertz CT molecular complexity index is 785. The summed E-state index contributed by atoms with van der Waals surface area (Å²) in [6, 6.07) is 9.23. The molecule has 9 heteroatoms. The Balaban J connectivity index is 0.00000450. The van der Waals surface area contributed by atoms with Gasteiger partial charge in [-0.1, -0.05) is 18.2 Å². The van der Waals surface area contributed by atoms with Gasteiger partial charge in [0.25, 0.3) is 5.91 Å². The highest BCUT2D eigenvalue weighted by Crippen LogP contribution is 2.20. The monoisotopic (exact) mass is 545 g/mol.